The maximum atomic E-state index is 11.0. The number of hydrogen-bond acceptors (Lipinski definition) is 3. The molecule has 0 radical (unpaired) electrons. The van der Waals surface area contributed by atoms with E-state index in [9.17, 15) is 4.79 Å². The summed E-state index contributed by atoms with van der Waals surface area (Å²) in [6.07, 6.45) is 1.10. The zero-order valence-electron chi connectivity index (χ0n) is 8.20. The van der Waals surface area contributed by atoms with Gasteiger partial charge in [-0.15, -0.1) is 6.58 Å². The molecule has 0 bridgehead atoms. The molecule has 1 amide bonds. The van der Waals surface area contributed by atoms with Crippen LogP contribution >= 0.6 is 0 Å². The van der Waals surface area contributed by atoms with Gasteiger partial charge in [-0.05, 0) is 0 Å². The topological polar surface area (TPSA) is 56.6 Å². The summed E-state index contributed by atoms with van der Waals surface area (Å²) in [6, 6.07) is 0. The summed E-state index contributed by atoms with van der Waals surface area (Å²) >= 11 is 0. The van der Waals surface area contributed by atoms with Gasteiger partial charge in [0.2, 0.25) is 5.96 Å². The second kappa shape index (κ2) is 5.18. The number of nitrogens with one attached hydrogen (secondary N) is 1. The van der Waals surface area contributed by atoms with E-state index in [4.69, 9.17) is 5.41 Å². The summed E-state index contributed by atoms with van der Waals surface area (Å²) in [5.41, 5.74) is 0. The highest BCUT2D eigenvalue weighted by molar-refractivity contribution is 5.91. The number of amides is 1. The van der Waals surface area contributed by atoms with Crippen LogP contribution in [0.5, 0.6) is 0 Å². The van der Waals surface area contributed by atoms with Crippen LogP contribution in [0.2, 0.25) is 0 Å². The van der Waals surface area contributed by atoms with Gasteiger partial charge in [0.05, 0.1) is 7.11 Å². The van der Waals surface area contributed by atoms with E-state index in [1.54, 1.807) is 18.0 Å². The molecule has 74 valence electrons. The van der Waals surface area contributed by atoms with Crippen LogP contribution in [0, 0.1) is 5.41 Å². The molecule has 0 saturated heterocycles. The zero-order chi connectivity index (χ0) is 10.4. The Morgan fingerprint density at radius 3 is 2.54 bits per heavy atom. The fraction of sp³-hybridized carbons (Fsp3) is 0.500. The third kappa shape index (κ3) is 3.14. The minimum absolute atomic E-state index is 0.0757. The summed E-state index contributed by atoms with van der Waals surface area (Å²) in [5, 5.41) is 7.54. The Hall–Kier alpha value is -1.52. The minimum atomic E-state index is -0.555. The second-order valence-corrected chi connectivity index (χ2v) is 2.52. The van der Waals surface area contributed by atoms with Crippen LogP contribution in [0.3, 0.4) is 0 Å². The highest BCUT2D eigenvalue weighted by Crippen LogP contribution is 1.94. The Morgan fingerprint density at radius 1 is 1.62 bits per heavy atom. The molecule has 0 spiro atoms. The summed E-state index contributed by atoms with van der Waals surface area (Å²) in [5.74, 6) is 0.0757. The number of ether oxygens (including phenoxy) is 1. The lowest BCUT2D eigenvalue weighted by Crippen LogP contribution is -2.42. The Labute approximate surface area is 78.1 Å². The van der Waals surface area contributed by atoms with Crippen molar-refractivity contribution in [2.45, 2.75) is 0 Å². The fourth-order valence-corrected chi connectivity index (χ4v) is 0.760. The molecule has 0 rings (SSSR count). The number of guanidine groups is 1. The van der Waals surface area contributed by atoms with E-state index < -0.39 is 6.09 Å². The Bertz CT molecular complexity index is 215. The molecule has 13 heavy (non-hydrogen) atoms. The van der Waals surface area contributed by atoms with Crippen molar-refractivity contribution in [1.82, 2.24) is 9.80 Å². The van der Waals surface area contributed by atoms with Crippen molar-refractivity contribution in [3.8, 4) is 0 Å². The first-order chi connectivity index (χ1) is 6.04. The highest BCUT2D eigenvalue weighted by Gasteiger charge is 2.15. The van der Waals surface area contributed by atoms with Crippen LogP contribution in [0.4, 0.5) is 4.79 Å². The number of rotatable bonds is 2. The van der Waals surface area contributed by atoms with E-state index in [0.717, 1.165) is 4.90 Å². The van der Waals surface area contributed by atoms with Crippen LogP contribution in [0.1, 0.15) is 0 Å². The van der Waals surface area contributed by atoms with E-state index in [2.05, 4.69) is 11.3 Å². The molecule has 0 aliphatic carbocycles. The van der Waals surface area contributed by atoms with Gasteiger partial charge < -0.3 is 9.64 Å². The van der Waals surface area contributed by atoms with Crippen molar-refractivity contribution in [1.29, 1.82) is 5.41 Å². The largest absolute Gasteiger partial charge is 0.452 e. The molecule has 0 aromatic heterocycles. The Morgan fingerprint density at radius 2 is 2.15 bits per heavy atom. The standard InChI is InChI=1S/C8H15N3O2/c1-5-6-10(2)7(9)11(3)8(12)13-4/h5,9H,1,6H2,2-4H3. The van der Waals surface area contributed by atoms with E-state index in [0.29, 0.717) is 6.54 Å². The predicted octanol–water partition coefficient (Wildman–Crippen LogP) is 0.737. The first kappa shape index (κ1) is 11.5. The van der Waals surface area contributed by atoms with Gasteiger partial charge in [-0.1, -0.05) is 6.08 Å². The summed E-state index contributed by atoms with van der Waals surface area (Å²) in [4.78, 5) is 13.7. The predicted molar refractivity (Wildman–Crippen MR) is 50.7 cm³/mol. The monoisotopic (exact) mass is 185 g/mol. The average Bonchev–Trinajstić information content (AvgIpc) is 2.14. The summed E-state index contributed by atoms with van der Waals surface area (Å²) in [7, 11) is 4.46. The van der Waals surface area contributed by atoms with Gasteiger partial charge in [-0.25, -0.2) is 4.79 Å². The lowest BCUT2D eigenvalue weighted by molar-refractivity contribution is 0.148. The minimum Gasteiger partial charge on any atom is -0.452 e. The van der Waals surface area contributed by atoms with Crippen molar-refractivity contribution in [2.24, 2.45) is 0 Å². The fourth-order valence-electron chi connectivity index (χ4n) is 0.760. The van der Waals surface area contributed by atoms with Crippen LogP contribution in [0.25, 0.3) is 0 Å². The molecule has 5 nitrogen and oxygen atoms in total. The van der Waals surface area contributed by atoms with Gasteiger partial charge in [0.1, 0.15) is 0 Å². The van der Waals surface area contributed by atoms with Gasteiger partial charge in [-0.2, -0.15) is 0 Å². The quantitative estimate of drug-likeness (QED) is 0.392. The Balaban J connectivity index is 4.24. The van der Waals surface area contributed by atoms with Crippen LogP contribution < -0.4 is 0 Å². The smallest absolute Gasteiger partial charge is 0.416 e. The van der Waals surface area contributed by atoms with Crippen LogP contribution in [0.15, 0.2) is 12.7 Å². The number of nitrogens with zero attached hydrogens (tertiary/aromatic N) is 2. The maximum absolute atomic E-state index is 11.0. The molecular weight excluding hydrogens is 170 g/mol. The van der Waals surface area contributed by atoms with Crippen molar-refractivity contribution in [2.75, 3.05) is 27.7 Å². The number of carbonyl (C=O) groups is 1. The molecule has 1 N–H and O–H groups in total. The van der Waals surface area contributed by atoms with Gasteiger partial charge in [0, 0.05) is 20.6 Å². The molecule has 0 aliphatic rings. The van der Waals surface area contributed by atoms with Gasteiger partial charge in [0.15, 0.2) is 0 Å². The molecule has 0 saturated carbocycles. The summed E-state index contributed by atoms with van der Waals surface area (Å²) < 4.78 is 4.46. The van der Waals surface area contributed by atoms with E-state index in [1.165, 1.54) is 14.2 Å². The Kier molecular flexibility index (Phi) is 4.58. The van der Waals surface area contributed by atoms with E-state index in [-0.39, 0.29) is 5.96 Å². The molecule has 0 heterocycles. The molecule has 0 fully saturated rings. The van der Waals surface area contributed by atoms with Crippen LogP contribution in [-0.4, -0.2) is 49.6 Å². The molecule has 0 unspecified atom stereocenters. The number of carbonyl (C=O) groups excluding carboxylic acids is 1. The van der Waals surface area contributed by atoms with Crippen molar-refractivity contribution < 1.29 is 9.53 Å². The van der Waals surface area contributed by atoms with E-state index in [1.807, 2.05) is 0 Å². The summed E-state index contributed by atoms with van der Waals surface area (Å²) in [6.45, 7) is 4.05. The molecule has 0 atom stereocenters. The third-order valence-electron chi connectivity index (χ3n) is 1.53. The van der Waals surface area contributed by atoms with Crippen molar-refractivity contribution in [3.63, 3.8) is 0 Å². The second-order valence-electron chi connectivity index (χ2n) is 2.52. The third-order valence-corrected chi connectivity index (χ3v) is 1.53. The first-order valence-corrected chi connectivity index (χ1v) is 3.76. The molecule has 0 aliphatic heterocycles. The first-order valence-electron chi connectivity index (χ1n) is 3.76. The van der Waals surface area contributed by atoms with E-state index >= 15 is 0 Å². The van der Waals surface area contributed by atoms with Gasteiger partial charge in [-0.3, -0.25) is 10.3 Å². The van der Waals surface area contributed by atoms with Crippen molar-refractivity contribution in [3.05, 3.63) is 12.7 Å². The maximum Gasteiger partial charge on any atom is 0.416 e. The van der Waals surface area contributed by atoms with Gasteiger partial charge in [0.25, 0.3) is 0 Å². The number of methoxy groups -OCH3 is 1. The van der Waals surface area contributed by atoms with Gasteiger partial charge >= 0.3 is 6.09 Å². The lowest BCUT2D eigenvalue weighted by atomic mass is 10.5. The molecule has 0 aromatic carbocycles. The lowest BCUT2D eigenvalue weighted by Gasteiger charge is -2.24. The number of hydrogen-bond donors (Lipinski definition) is 1. The normalized spacial score (nSPS) is 8.85. The average molecular weight is 185 g/mol. The molecular formula is C8H15N3O2. The highest BCUT2D eigenvalue weighted by atomic mass is 16.5. The SMILES string of the molecule is C=CCN(C)C(=N)N(C)C(=O)OC. The molecule has 5 heteroatoms. The number of likely N-dealkylation sites (N-methyl/N-ethyl adjacent to an activating group) is 1. The molecule has 0 aromatic rings. The zero-order valence-corrected chi connectivity index (χ0v) is 8.20. The van der Waals surface area contributed by atoms with Crippen LogP contribution in [-0.2, 0) is 4.74 Å². The van der Waals surface area contributed by atoms with Crippen molar-refractivity contribution >= 4 is 12.1 Å².